The van der Waals surface area contributed by atoms with Gasteiger partial charge in [-0.15, -0.1) is 0 Å². The molecule has 3 rings (SSSR count). The van der Waals surface area contributed by atoms with E-state index in [4.69, 9.17) is 0 Å². The monoisotopic (exact) mass is 451 g/mol. The van der Waals surface area contributed by atoms with Crippen LogP contribution in [0.2, 0.25) is 0 Å². The molecule has 0 N–H and O–H groups in total. The van der Waals surface area contributed by atoms with Crippen LogP contribution in [-0.4, -0.2) is 4.92 Å². The maximum Gasteiger partial charge on any atom is 0.278 e. The highest BCUT2D eigenvalue weighted by atomic mass is 19.2. The number of nitrogens with zero attached hydrogens (tertiary/aromatic N) is 1. The summed E-state index contributed by atoms with van der Waals surface area (Å²) in [5.41, 5.74) is 2.49. The Bertz CT molecular complexity index is 1170. The van der Waals surface area contributed by atoms with Gasteiger partial charge in [0.25, 0.3) is 5.69 Å². The van der Waals surface area contributed by atoms with Crippen molar-refractivity contribution in [2.75, 3.05) is 0 Å². The van der Waals surface area contributed by atoms with Gasteiger partial charge in [-0.25, -0.2) is 13.2 Å². The highest BCUT2D eigenvalue weighted by Crippen LogP contribution is 2.31. The molecule has 0 aliphatic carbocycles. The van der Waals surface area contributed by atoms with Crippen molar-refractivity contribution in [3.63, 3.8) is 0 Å². The molecule has 33 heavy (non-hydrogen) atoms. The molecule has 0 spiro atoms. The van der Waals surface area contributed by atoms with Gasteiger partial charge in [0.1, 0.15) is 0 Å². The van der Waals surface area contributed by atoms with E-state index in [1.165, 1.54) is 37.3 Å². The Morgan fingerprint density at radius 3 is 2.09 bits per heavy atom. The molecule has 0 atom stereocenters. The van der Waals surface area contributed by atoms with E-state index in [-0.39, 0.29) is 11.3 Å². The molecule has 0 aliphatic heterocycles. The molecular formula is C27H24F3NO2. The molecule has 0 heterocycles. The van der Waals surface area contributed by atoms with E-state index in [9.17, 15) is 23.3 Å². The Labute approximate surface area is 191 Å². The summed E-state index contributed by atoms with van der Waals surface area (Å²) in [6.45, 7) is 2.19. The molecule has 0 aliphatic rings. The lowest BCUT2D eigenvalue weighted by molar-refractivity contribution is -0.384. The van der Waals surface area contributed by atoms with Crippen molar-refractivity contribution in [1.29, 1.82) is 0 Å². The maximum atomic E-state index is 13.4. The number of nitro benzene ring substituents is 1. The van der Waals surface area contributed by atoms with Crippen molar-refractivity contribution in [3.05, 3.63) is 98.9 Å². The van der Waals surface area contributed by atoms with Gasteiger partial charge in [-0.05, 0) is 48.2 Å². The molecule has 3 nitrogen and oxygen atoms in total. The van der Waals surface area contributed by atoms with Crippen LogP contribution >= 0.6 is 0 Å². The normalized spacial score (nSPS) is 10.5. The zero-order chi connectivity index (χ0) is 23.8. The lowest BCUT2D eigenvalue weighted by atomic mass is 9.98. The predicted molar refractivity (Wildman–Crippen MR) is 123 cm³/mol. The zero-order valence-corrected chi connectivity index (χ0v) is 18.3. The molecule has 0 bridgehead atoms. The minimum atomic E-state index is -1.57. The number of unbranched alkanes of at least 4 members (excludes halogenated alkanes) is 4. The third kappa shape index (κ3) is 6.45. The maximum absolute atomic E-state index is 13.4. The van der Waals surface area contributed by atoms with Crippen LogP contribution in [0.25, 0.3) is 11.1 Å². The Morgan fingerprint density at radius 2 is 1.45 bits per heavy atom. The third-order valence-corrected chi connectivity index (χ3v) is 5.36. The first kappa shape index (κ1) is 24.1. The Hall–Kier alpha value is -3.59. The molecule has 0 radical (unpaired) electrons. The summed E-state index contributed by atoms with van der Waals surface area (Å²) in [7, 11) is 0. The second-order valence-electron chi connectivity index (χ2n) is 7.85. The minimum Gasteiger partial charge on any atom is -0.258 e. The molecule has 0 aromatic heterocycles. The topological polar surface area (TPSA) is 43.1 Å². The van der Waals surface area contributed by atoms with Gasteiger partial charge in [0.2, 0.25) is 0 Å². The van der Waals surface area contributed by atoms with E-state index >= 15 is 0 Å². The highest BCUT2D eigenvalue weighted by molar-refractivity contribution is 5.75. The van der Waals surface area contributed by atoms with Gasteiger partial charge in [-0.2, -0.15) is 0 Å². The van der Waals surface area contributed by atoms with Gasteiger partial charge >= 0.3 is 0 Å². The summed E-state index contributed by atoms with van der Waals surface area (Å²) in [5, 5.41) is 11.7. The molecule has 0 amide bonds. The molecule has 0 unspecified atom stereocenters. The number of hydrogen-bond donors (Lipinski definition) is 0. The average molecular weight is 451 g/mol. The van der Waals surface area contributed by atoms with Crippen molar-refractivity contribution in [2.45, 2.75) is 45.4 Å². The van der Waals surface area contributed by atoms with Crippen LogP contribution in [0.4, 0.5) is 18.9 Å². The summed E-state index contributed by atoms with van der Waals surface area (Å²) in [6.07, 6.45) is 6.99. The fourth-order valence-electron chi connectivity index (χ4n) is 3.56. The van der Waals surface area contributed by atoms with Gasteiger partial charge in [-0.3, -0.25) is 10.1 Å². The number of nitro groups is 1. The first-order chi connectivity index (χ1) is 15.9. The Balaban J connectivity index is 1.79. The van der Waals surface area contributed by atoms with E-state index in [0.717, 1.165) is 30.5 Å². The van der Waals surface area contributed by atoms with Crippen molar-refractivity contribution in [3.8, 4) is 23.0 Å². The summed E-state index contributed by atoms with van der Waals surface area (Å²) >= 11 is 0. The van der Waals surface area contributed by atoms with Gasteiger partial charge in [-0.1, -0.05) is 68.7 Å². The van der Waals surface area contributed by atoms with E-state index in [2.05, 4.69) is 18.8 Å². The van der Waals surface area contributed by atoms with E-state index in [0.29, 0.717) is 11.1 Å². The van der Waals surface area contributed by atoms with Gasteiger partial charge in [0, 0.05) is 17.2 Å². The molecule has 3 aromatic rings. The molecule has 6 heteroatoms. The molecule has 0 saturated heterocycles. The van der Waals surface area contributed by atoms with Crippen LogP contribution in [0.3, 0.4) is 0 Å². The van der Waals surface area contributed by atoms with Crippen molar-refractivity contribution >= 4 is 5.69 Å². The summed E-state index contributed by atoms with van der Waals surface area (Å²) in [6, 6.07) is 13.8. The van der Waals surface area contributed by atoms with Crippen molar-refractivity contribution in [2.24, 2.45) is 0 Å². The van der Waals surface area contributed by atoms with Crippen LogP contribution in [0.1, 0.15) is 55.7 Å². The van der Waals surface area contributed by atoms with Crippen molar-refractivity contribution in [1.82, 2.24) is 0 Å². The fraction of sp³-hybridized carbons (Fsp3) is 0.259. The molecule has 170 valence electrons. The van der Waals surface area contributed by atoms with Gasteiger partial charge in [0.15, 0.2) is 17.5 Å². The standard InChI is InChI=1S/C27H24F3NO2/c1-2-3-4-5-6-7-19-10-13-22(14-11-19)23-15-12-20(18-26(23)31(32)33)8-9-21-16-24(28)27(30)25(29)17-21/h10-18H,2-7H2,1H3. The minimum absolute atomic E-state index is 0.0663. The number of aryl methyl sites for hydroxylation is 1. The SMILES string of the molecule is CCCCCCCc1ccc(-c2ccc(C#Cc3cc(F)c(F)c(F)c3)cc2[N+](=O)[O-])cc1. The van der Waals surface area contributed by atoms with E-state index in [1.54, 1.807) is 12.1 Å². The summed E-state index contributed by atoms with van der Waals surface area (Å²) in [4.78, 5) is 11.2. The smallest absolute Gasteiger partial charge is 0.258 e. The second kappa shape index (κ2) is 11.3. The second-order valence-corrected chi connectivity index (χ2v) is 7.85. The number of hydrogen-bond acceptors (Lipinski definition) is 2. The Kier molecular flexibility index (Phi) is 8.26. The predicted octanol–water partition coefficient (Wildman–Crippen LogP) is 7.59. The Morgan fingerprint density at radius 1 is 0.818 bits per heavy atom. The quantitative estimate of drug-likeness (QED) is 0.116. The average Bonchev–Trinajstić information content (AvgIpc) is 2.81. The lowest BCUT2D eigenvalue weighted by Gasteiger charge is -2.06. The van der Waals surface area contributed by atoms with Gasteiger partial charge in [0.05, 0.1) is 10.5 Å². The van der Waals surface area contributed by atoms with Crippen molar-refractivity contribution < 1.29 is 18.1 Å². The lowest BCUT2D eigenvalue weighted by Crippen LogP contribution is -1.94. The van der Waals surface area contributed by atoms with Crippen LogP contribution in [0.5, 0.6) is 0 Å². The first-order valence-electron chi connectivity index (χ1n) is 10.9. The third-order valence-electron chi connectivity index (χ3n) is 5.36. The zero-order valence-electron chi connectivity index (χ0n) is 18.3. The van der Waals surface area contributed by atoms with Crippen LogP contribution in [-0.2, 0) is 6.42 Å². The first-order valence-corrected chi connectivity index (χ1v) is 10.9. The highest BCUT2D eigenvalue weighted by Gasteiger charge is 2.16. The molecule has 0 saturated carbocycles. The van der Waals surface area contributed by atoms with E-state index in [1.807, 2.05) is 24.3 Å². The summed E-state index contributed by atoms with van der Waals surface area (Å²) < 4.78 is 39.8. The fourth-order valence-corrected chi connectivity index (χ4v) is 3.56. The summed E-state index contributed by atoms with van der Waals surface area (Å²) in [5.74, 6) is 0.909. The van der Waals surface area contributed by atoms with Crippen LogP contribution in [0.15, 0.2) is 54.6 Å². The molecule has 3 aromatic carbocycles. The van der Waals surface area contributed by atoms with Crippen LogP contribution < -0.4 is 0 Å². The van der Waals surface area contributed by atoms with Gasteiger partial charge < -0.3 is 0 Å². The largest absolute Gasteiger partial charge is 0.278 e. The molecular weight excluding hydrogens is 427 g/mol. The van der Waals surface area contributed by atoms with Crippen LogP contribution in [0, 0.1) is 39.4 Å². The number of rotatable bonds is 8. The number of benzene rings is 3. The van der Waals surface area contributed by atoms with E-state index < -0.39 is 22.4 Å². The number of halogens is 3. The molecule has 0 fully saturated rings.